The van der Waals surface area contributed by atoms with Gasteiger partial charge in [0, 0.05) is 25.7 Å². The van der Waals surface area contributed by atoms with Crippen LogP contribution in [0.3, 0.4) is 0 Å². The van der Waals surface area contributed by atoms with E-state index in [1.165, 1.54) is 289 Å². The lowest BCUT2D eigenvalue weighted by atomic mass is 9.99. The Labute approximate surface area is 689 Å². The lowest BCUT2D eigenvalue weighted by molar-refractivity contribution is -0.161. The van der Waals surface area contributed by atoms with Gasteiger partial charge in [-0.1, -0.05) is 441 Å². The number of unbranched alkanes of at least 4 members (excludes halogenated alkanes) is 54. The largest absolute Gasteiger partial charge is 0.472 e. The van der Waals surface area contributed by atoms with Crippen molar-refractivity contribution in [1.82, 2.24) is 0 Å². The SMILES string of the molecule is CCC(C)CCCCCCCCCCCCCCCCCCCCC(=O)OC[C@H](COP(=O)(O)OC[C@@H](O)COP(=O)(O)OC[C@@H](COC(=O)CCCCCCCCC(C)CC)OC(=O)CCCCCCCCCCCCCCCCCCC(C)C)OC(=O)CCCCCCCCCCCCCCCCCCCCC(C)C. The number of phosphoric acid groups is 2. The highest BCUT2D eigenvalue weighted by atomic mass is 31.2. The van der Waals surface area contributed by atoms with Crippen molar-refractivity contribution >= 4 is 39.5 Å². The molecule has 0 aliphatic carbocycles. The summed E-state index contributed by atoms with van der Waals surface area (Å²) in [5.41, 5.74) is 0. The minimum atomic E-state index is -4.97. The standard InChI is InChI=1S/C93H182O17P2/c1-9-85(7)71-63-55-47-41-35-29-23-16-12-14-17-24-30-36-42-48-57-65-73-90(95)103-79-88(109-92(97)75-67-59-49-43-37-31-25-18-13-11-15-21-27-33-39-45-53-61-69-83(3)4)81-107-111(99,100)105-77-87(94)78-106-112(101,102)108-82-89(80-104-91(96)74-66-58-52-51-56-64-72-86(8)10-2)110-93(98)76-68-60-50-44-38-32-26-20-19-22-28-34-40-46-54-62-70-84(5)6/h83-89,94H,9-82H2,1-8H3,(H,99,100)(H,101,102)/t85?,86?,87-,88-,89-/m1/s1. The van der Waals surface area contributed by atoms with E-state index in [2.05, 4.69) is 55.4 Å². The third kappa shape index (κ3) is 83.1. The lowest BCUT2D eigenvalue weighted by Gasteiger charge is -2.21. The van der Waals surface area contributed by atoms with Gasteiger partial charge in [0.1, 0.15) is 19.3 Å². The van der Waals surface area contributed by atoms with Crippen molar-refractivity contribution in [1.29, 1.82) is 0 Å². The van der Waals surface area contributed by atoms with Crippen molar-refractivity contribution in [2.45, 2.75) is 510 Å². The number of ether oxygens (including phenoxy) is 4. The predicted molar refractivity (Wildman–Crippen MR) is 464 cm³/mol. The summed E-state index contributed by atoms with van der Waals surface area (Å²) in [6.07, 6.45) is 73.8. The molecule has 4 unspecified atom stereocenters. The van der Waals surface area contributed by atoms with Crippen molar-refractivity contribution in [3.8, 4) is 0 Å². The molecule has 0 fully saturated rings. The van der Waals surface area contributed by atoms with Crippen LogP contribution in [0.1, 0.15) is 492 Å². The van der Waals surface area contributed by atoms with Crippen LogP contribution in [0.25, 0.3) is 0 Å². The second-order valence-electron chi connectivity index (χ2n) is 34.8. The molecule has 7 atom stereocenters. The molecule has 0 rings (SSSR count). The maximum absolute atomic E-state index is 13.2. The first-order valence-corrected chi connectivity index (χ1v) is 50.8. The number of aliphatic hydroxyl groups is 1. The quantitative estimate of drug-likeness (QED) is 0.0222. The zero-order valence-electron chi connectivity index (χ0n) is 74.3. The minimum absolute atomic E-state index is 0.107. The molecule has 0 heterocycles. The maximum Gasteiger partial charge on any atom is 0.472 e. The van der Waals surface area contributed by atoms with Crippen LogP contribution < -0.4 is 0 Å². The monoisotopic (exact) mass is 1630 g/mol. The van der Waals surface area contributed by atoms with E-state index in [0.717, 1.165) is 120 Å². The highest BCUT2D eigenvalue weighted by Gasteiger charge is 2.31. The molecule has 0 bridgehead atoms. The number of carbonyl (C=O) groups excluding carboxylic acids is 4. The number of phosphoric ester groups is 2. The number of hydrogen-bond donors (Lipinski definition) is 3. The average molecular weight is 1630 g/mol. The first-order valence-electron chi connectivity index (χ1n) is 47.8. The van der Waals surface area contributed by atoms with Crippen molar-refractivity contribution in [2.24, 2.45) is 23.7 Å². The molecule has 3 N–H and O–H groups in total. The molecular weight excluding hydrogens is 1450 g/mol. The highest BCUT2D eigenvalue weighted by Crippen LogP contribution is 2.45. The molecule has 17 nitrogen and oxygen atoms in total. The summed E-state index contributed by atoms with van der Waals surface area (Å²) >= 11 is 0. The van der Waals surface area contributed by atoms with Gasteiger partial charge in [-0.15, -0.1) is 0 Å². The Morgan fingerprint density at radius 2 is 0.429 bits per heavy atom. The van der Waals surface area contributed by atoms with Gasteiger partial charge >= 0.3 is 39.5 Å². The van der Waals surface area contributed by atoms with E-state index >= 15 is 0 Å². The van der Waals surface area contributed by atoms with Crippen LogP contribution in [0.4, 0.5) is 0 Å². The summed E-state index contributed by atoms with van der Waals surface area (Å²) in [7, 11) is -9.94. The summed E-state index contributed by atoms with van der Waals surface area (Å²) in [5.74, 6) is 1.13. The molecule has 0 aliphatic rings. The smallest absolute Gasteiger partial charge is 0.462 e. The third-order valence-corrected chi connectivity index (χ3v) is 24.4. The van der Waals surface area contributed by atoms with Gasteiger partial charge in [-0.2, -0.15) is 0 Å². The van der Waals surface area contributed by atoms with Crippen LogP contribution in [0.15, 0.2) is 0 Å². The molecule has 19 heteroatoms. The van der Waals surface area contributed by atoms with Crippen LogP contribution in [-0.4, -0.2) is 96.7 Å². The molecule has 0 aromatic heterocycles. The topological polar surface area (TPSA) is 237 Å². The lowest BCUT2D eigenvalue weighted by Crippen LogP contribution is -2.30. The van der Waals surface area contributed by atoms with Gasteiger partial charge in [0.05, 0.1) is 26.4 Å². The number of esters is 4. The second kappa shape index (κ2) is 81.4. The Balaban J connectivity index is 5.22. The predicted octanol–water partition coefficient (Wildman–Crippen LogP) is 28.7. The van der Waals surface area contributed by atoms with Crippen LogP contribution in [0.5, 0.6) is 0 Å². The molecule has 0 spiro atoms. The molecular formula is C93H182O17P2. The Hall–Kier alpha value is -1.94. The van der Waals surface area contributed by atoms with Gasteiger partial charge in [-0.05, 0) is 49.4 Å². The van der Waals surface area contributed by atoms with Crippen molar-refractivity contribution in [3.05, 3.63) is 0 Å². The Kier molecular flexibility index (Phi) is 80.0. The molecule has 112 heavy (non-hydrogen) atoms. The van der Waals surface area contributed by atoms with Gasteiger partial charge in [0.25, 0.3) is 0 Å². The molecule has 0 aromatic carbocycles. The minimum Gasteiger partial charge on any atom is -0.462 e. The van der Waals surface area contributed by atoms with Gasteiger partial charge in [0.15, 0.2) is 12.2 Å². The number of hydrogen-bond acceptors (Lipinski definition) is 15. The molecule has 0 aromatic rings. The van der Waals surface area contributed by atoms with Gasteiger partial charge in [-0.25, -0.2) is 9.13 Å². The Morgan fingerprint density at radius 3 is 0.634 bits per heavy atom. The van der Waals surface area contributed by atoms with E-state index < -0.39 is 97.5 Å². The van der Waals surface area contributed by atoms with Gasteiger partial charge in [0.2, 0.25) is 0 Å². The second-order valence-corrected chi connectivity index (χ2v) is 37.7. The third-order valence-electron chi connectivity index (χ3n) is 22.5. The Morgan fingerprint density at radius 1 is 0.250 bits per heavy atom. The fourth-order valence-corrected chi connectivity index (χ4v) is 16.1. The zero-order chi connectivity index (χ0) is 82.3. The van der Waals surface area contributed by atoms with E-state index in [-0.39, 0.29) is 25.7 Å². The van der Waals surface area contributed by atoms with Gasteiger partial charge < -0.3 is 33.8 Å². The number of rotatable bonds is 90. The summed E-state index contributed by atoms with van der Waals surface area (Å²) in [6, 6.07) is 0. The maximum atomic E-state index is 13.2. The van der Waals surface area contributed by atoms with Crippen molar-refractivity contribution in [2.75, 3.05) is 39.6 Å². The van der Waals surface area contributed by atoms with Crippen LogP contribution in [-0.2, 0) is 65.4 Å². The molecule has 0 aliphatic heterocycles. The molecule has 0 saturated heterocycles. The van der Waals surface area contributed by atoms with E-state index in [4.69, 9.17) is 37.0 Å². The molecule has 0 radical (unpaired) electrons. The fraction of sp³-hybridized carbons (Fsp3) is 0.957. The summed E-state index contributed by atoms with van der Waals surface area (Å²) in [4.78, 5) is 73.4. The first-order chi connectivity index (χ1) is 54.2. The van der Waals surface area contributed by atoms with Crippen LogP contribution >= 0.6 is 15.6 Å². The summed E-state index contributed by atoms with van der Waals surface area (Å²) < 4.78 is 69.1. The van der Waals surface area contributed by atoms with E-state index in [9.17, 15) is 43.2 Å². The van der Waals surface area contributed by atoms with Crippen LogP contribution in [0, 0.1) is 23.7 Å². The van der Waals surface area contributed by atoms with Crippen LogP contribution in [0.2, 0.25) is 0 Å². The Bertz CT molecular complexity index is 2170. The molecule has 0 saturated carbocycles. The molecule has 0 amide bonds. The fourth-order valence-electron chi connectivity index (χ4n) is 14.5. The highest BCUT2D eigenvalue weighted by molar-refractivity contribution is 7.47. The van der Waals surface area contributed by atoms with Gasteiger partial charge in [-0.3, -0.25) is 37.3 Å². The van der Waals surface area contributed by atoms with E-state index in [1.807, 2.05) is 0 Å². The average Bonchev–Trinajstić information content (AvgIpc) is 0.896. The number of aliphatic hydroxyl groups excluding tert-OH is 1. The summed E-state index contributed by atoms with van der Waals surface area (Å²) in [5, 5.41) is 10.7. The zero-order valence-corrected chi connectivity index (χ0v) is 76.1. The molecule has 666 valence electrons. The number of carbonyl (C=O) groups is 4. The van der Waals surface area contributed by atoms with E-state index in [0.29, 0.717) is 25.7 Å². The van der Waals surface area contributed by atoms with E-state index in [1.54, 1.807) is 0 Å². The van der Waals surface area contributed by atoms with Crippen molar-refractivity contribution in [3.63, 3.8) is 0 Å². The summed E-state index contributed by atoms with van der Waals surface area (Å²) in [6.45, 7) is 14.4. The first kappa shape index (κ1) is 110. The van der Waals surface area contributed by atoms with Crippen molar-refractivity contribution < 1.29 is 80.2 Å². The normalized spacial score (nSPS) is 14.3.